The first-order valence-electron chi connectivity index (χ1n) is 9.93. The van der Waals surface area contributed by atoms with Crippen LogP contribution in [0.3, 0.4) is 0 Å². The van der Waals surface area contributed by atoms with Crippen molar-refractivity contribution in [2.75, 3.05) is 42.0 Å². The van der Waals surface area contributed by atoms with E-state index in [0.29, 0.717) is 24.0 Å². The van der Waals surface area contributed by atoms with Gasteiger partial charge in [0.2, 0.25) is 0 Å². The zero-order valence-corrected chi connectivity index (χ0v) is 18.7. The van der Waals surface area contributed by atoms with E-state index in [1.54, 1.807) is 35.5 Å². The van der Waals surface area contributed by atoms with Gasteiger partial charge in [0.15, 0.2) is 17.5 Å². The summed E-state index contributed by atoms with van der Waals surface area (Å²) in [6.45, 7) is 3.56. The second-order valence-corrected chi connectivity index (χ2v) is 6.83. The maximum atomic E-state index is 5.49. The maximum absolute atomic E-state index is 5.49. The minimum atomic E-state index is 0.424. The minimum Gasteiger partial charge on any atom is -0.497 e. The Hall–Kier alpha value is -3.09. The van der Waals surface area contributed by atoms with Crippen LogP contribution < -0.4 is 29.6 Å². The number of ether oxygens (including phenoxy) is 4. The highest BCUT2D eigenvalue weighted by Crippen LogP contribution is 2.34. The van der Waals surface area contributed by atoms with E-state index < -0.39 is 0 Å². The number of nitrogens with one attached hydrogen (secondary N) is 2. The number of methoxy groups -OCH3 is 4. The third kappa shape index (κ3) is 6.20. The fraction of sp³-hybridized carbons (Fsp3) is 0.435. The lowest BCUT2D eigenvalue weighted by atomic mass is 9.98. The lowest BCUT2D eigenvalue weighted by Gasteiger charge is -2.17. The molecule has 0 aliphatic carbocycles. The van der Waals surface area contributed by atoms with Crippen LogP contribution in [-0.2, 0) is 6.54 Å². The highest BCUT2D eigenvalue weighted by molar-refractivity contribution is 5.79. The largest absolute Gasteiger partial charge is 0.497 e. The van der Waals surface area contributed by atoms with Gasteiger partial charge in [0.05, 0.1) is 28.4 Å². The molecule has 1 unspecified atom stereocenters. The van der Waals surface area contributed by atoms with Crippen LogP contribution in [0.25, 0.3) is 0 Å². The van der Waals surface area contributed by atoms with Crippen molar-refractivity contribution in [3.05, 3.63) is 47.5 Å². The van der Waals surface area contributed by atoms with Crippen molar-refractivity contribution in [3.63, 3.8) is 0 Å². The Kier molecular flexibility index (Phi) is 9.12. The zero-order valence-electron chi connectivity index (χ0n) is 18.7. The van der Waals surface area contributed by atoms with Gasteiger partial charge in [0.25, 0.3) is 0 Å². The van der Waals surface area contributed by atoms with Crippen LogP contribution in [0.5, 0.6) is 23.0 Å². The van der Waals surface area contributed by atoms with Crippen LogP contribution in [0, 0.1) is 0 Å². The van der Waals surface area contributed by atoms with Gasteiger partial charge in [-0.1, -0.05) is 19.1 Å². The number of rotatable bonds is 10. The molecule has 164 valence electrons. The van der Waals surface area contributed by atoms with Gasteiger partial charge in [-0.25, -0.2) is 0 Å². The first kappa shape index (κ1) is 23.2. The molecule has 0 spiro atoms. The highest BCUT2D eigenvalue weighted by atomic mass is 16.5. The lowest BCUT2D eigenvalue weighted by Crippen LogP contribution is -2.37. The molecule has 0 bridgehead atoms. The van der Waals surface area contributed by atoms with Gasteiger partial charge in [-0.2, -0.15) is 0 Å². The molecule has 0 aromatic heterocycles. The average molecular weight is 416 g/mol. The second-order valence-electron chi connectivity index (χ2n) is 6.83. The van der Waals surface area contributed by atoms with Crippen LogP contribution >= 0.6 is 0 Å². The summed E-state index contributed by atoms with van der Waals surface area (Å²) in [5.41, 5.74) is 2.24. The second kappa shape index (κ2) is 11.8. The summed E-state index contributed by atoms with van der Waals surface area (Å²) < 4.78 is 21.4. The molecule has 0 fully saturated rings. The fourth-order valence-electron chi connectivity index (χ4n) is 3.14. The SMILES string of the molecule is CN=C(NCCC(C)c1ccc(OC)cc1)NCc1cc(OC)c(OC)cc1OC. The first-order chi connectivity index (χ1) is 14.6. The molecule has 0 radical (unpaired) electrons. The number of guanidine groups is 1. The van der Waals surface area contributed by atoms with Crippen LogP contribution in [0.15, 0.2) is 41.4 Å². The molecule has 7 heteroatoms. The molecule has 2 aromatic carbocycles. The van der Waals surface area contributed by atoms with Crippen molar-refractivity contribution in [1.29, 1.82) is 0 Å². The third-order valence-corrected chi connectivity index (χ3v) is 5.01. The summed E-state index contributed by atoms with van der Waals surface area (Å²) in [6.07, 6.45) is 0.979. The molecule has 2 rings (SSSR count). The van der Waals surface area contributed by atoms with Gasteiger partial charge in [0, 0.05) is 31.8 Å². The Labute approximate surface area is 179 Å². The van der Waals surface area contributed by atoms with Crippen molar-refractivity contribution in [2.45, 2.75) is 25.8 Å². The summed E-state index contributed by atoms with van der Waals surface area (Å²) in [4.78, 5) is 4.31. The topological polar surface area (TPSA) is 73.3 Å². The van der Waals surface area contributed by atoms with Crippen LogP contribution in [0.1, 0.15) is 30.4 Å². The molecule has 2 N–H and O–H groups in total. The summed E-state index contributed by atoms with van der Waals surface area (Å²) in [5, 5.41) is 6.69. The molecule has 0 saturated carbocycles. The molecular formula is C23H33N3O4. The van der Waals surface area contributed by atoms with Crippen LogP contribution in [-0.4, -0.2) is 48.0 Å². The monoisotopic (exact) mass is 415 g/mol. The normalized spacial score (nSPS) is 12.1. The smallest absolute Gasteiger partial charge is 0.191 e. The van der Waals surface area contributed by atoms with Gasteiger partial charge in [0.1, 0.15) is 11.5 Å². The summed E-state index contributed by atoms with van der Waals surface area (Å²) in [5.74, 6) is 4.05. The Morgan fingerprint density at radius 2 is 1.50 bits per heavy atom. The lowest BCUT2D eigenvalue weighted by molar-refractivity contribution is 0.347. The Balaban J connectivity index is 1.90. The van der Waals surface area contributed by atoms with Gasteiger partial charge in [-0.05, 0) is 36.1 Å². The molecule has 2 aromatic rings. The Morgan fingerprint density at radius 3 is 2.07 bits per heavy atom. The van der Waals surface area contributed by atoms with Crippen molar-refractivity contribution < 1.29 is 18.9 Å². The van der Waals surface area contributed by atoms with Crippen LogP contribution in [0.2, 0.25) is 0 Å². The van der Waals surface area contributed by atoms with Crippen molar-refractivity contribution in [2.24, 2.45) is 4.99 Å². The molecule has 0 heterocycles. The standard InChI is InChI=1S/C23H33N3O4/c1-16(17-7-9-19(27-3)10-8-17)11-12-25-23(24-2)26-15-18-13-21(29-5)22(30-6)14-20(18)28-4/h7-10,13-14,16H,11-12,15H2,1-6H3,(H2,24,25,26). The van der Waals surface area contributed by atoms with Gasteiger partial charge < -0.3 is 29.6 Å². The predicted octanol–water partition coefficient (Wildman–Crippen LogP) is 3.58. The first-order valence-corrected chi connectivity index (χ1v) is 9.93. The number of benzene rings is 2. The van der Waals surface area contributed by atoms with E-state index in [2.05, 4.69) is 34.7 Å². The zero-order chi connectivity index (χ0) is 21.9. The van der Waals surface area contributed by atoms with Gasteiger partial charge in [-0.3, -0.25) is 4.99 Å². The summed E-state index contributed by atoms with van der Waals surface area (Å²) >= 11 is 0. The molecule has 1 atom stereocenters. The van der Waals surface area contributed by atoms with E-state index in [0.717, 1.165) is 36.0 Å². The van der Waals surface area contributed by atoms with E-state index in [1.807, 2.05) is 24.3 Å². The highest BCUT2D eigenvalue weighted by Gasteiger charge is 2.12. The average Bonchev–Trinajstić information content (AvgIpc) is 2.80. The quantitative estimate of drug-likeness (QED) is 0.456. The van der Waals surface area contributed by atoms with Crippen molar-refractivity contribution >= 4 is 5.96 Å². The number of aliphatic imine (C=N–C) groups is 1. The summed E-state index contributed by atoms with van der Waals surface area (Å²) in [6, 6.07) is 11.9. The maximum Gasteiger partial charge on any atom is 0.191 e. The van der Waals surface area contributed by atoms with E-state index in [-0.39, 0.29) is 0 Å². The Bertz CT molecular complexity index is 822. The number of nitrogens with zero attached hydrogens (tertiary/aromatic N) is 1. The van der Waals surface area contributed by atoms with Gasteiger partial charge in [-0.15, -0.1) is 0 Å². The number of hydrogen-bond donors (Lipinski definition) is 2. The van der Waals surface area contributed by atoms with E-state index in [1.165, 1.54) is 5.56 Å². The molecule has 0 amide bonds. The Morgan fingerprint density at radius 1 is 0.867 bits per heavy atom. The molecule has 0 aliphatic heterocycles. The molecule has 0 saturated heterocycles. The predicted molar refractivity (Wildman–Crippen MR) is 120 cm³/mol. The molecule has 30 heavy (non-hydrogen) atoms. The van der Waals surface area contributed by atoms with E-state index in [4.69, 9.17) is 18.9 Å². The fourth-order valence-corrected chi connectivity index (χ4v) is 3.14. The number of hydrogen-bond acceptors (Lipinski definition) is 5. The molecule has 0 aliphatic rings. The van der Waals surface area contributed by atoms with Gasteiger partial charge >= 0.3 is 0 Å². The molecule has 7 nitrogen and oxygen atoms in total. The minimum absolute atomic E-state index is 0.424. The summed E-state index contributed by atoms with van der Waals surface area (Å²) in [7, 11) is 8.30. The molecular weight excluding hydrogens is 382 g/mol. The van der Waals surface area contributed by atoms with E-state index >= 15 is 0 Å². The van der Waals surface area contributed by atoms with Crippen molar-refractivity contribution in [3.8, 4) is 23.0 Å². The van der Waals surface area contributed by atoms with Crippen molar-refractivity contribution in [1.82, 2.24) is 10.6 Å². The van der Waals surface area contributed by atoms with E-state index in [9.17, 15) is 0 Å². The third-order valence-electron chi connectivity index (χ3n) is 5.01. The van der Waals surface area contributed by atoms with Crippen LogP contribution in [0.4, 0.5) is 0 Å².